The zero-order valence-corrected chi connectivity index (χ0v) is 12.1. The first kappa shape index (κ1) is 16.1. The van der Waals surface area contributed by atoms with E-state index in [9.17, 15) is 24.5 Å². The molecule has 23 heavy (non-hydrogen) atoms. The second kappa shape index (κ2) is 6.69. The number of esters is 1. The maximum atomic E-state index is 12.0. The van der Waals surface area contributed by atoms with Crippen LogP contribution in [0.2, 0.25) is 0 Å². The summed E-state index contributed by atoms with van der Waals surface area (Å²) in [6.07, 6.45) is 0.836. The highest BCUT2D eigenvalue weighted by Gasteiger charge is 2.26. The molecule has 0 radical (unpaired) electrons. The molecule has 0 fully saturated rings. The Balaban J connectivity index is 2.54. The van der Waals surface area contributed by atoms with Gasteiger partial charge in [0.25, 0.3) is 0 Å². The zero-order valence-electron chi connectivity index (χ0n) is 12.1. The van der Waals surface area contributed by atoms with E-state index in [1.807, 2.05) is 4.98 Å². The van der Waals surface area contributed by atoms with Gasteiger partial charge in [0.2, 0.25) is 0 Å². The molecule has 0 saturated heterocycles. The van der Waals surface area contributed by atoms with Gasteiger partial charge >= 0.3 is 22.9 Å². The molecule has 0 amide bonds. The van der Waals surface area contributed by atoms with Crippen LogP contribution >= 0.6 is 0 Å². The number of ether oxygens (including phenoxy) is 1. The van der Waals surface area contributed by atoms with E-state index in [1.54, 1.807) is 30.3 Å². The number of hydrogen-bond donors (Lipinski definition) is 1. The van der Waals surface area contributed by atoms with Gasteiger partial charge in [-0.15, -0.1) is 0 Å². The summed E-state index contributed by atoms with van der Waals surface area (Å²) in [7, 11) is 1.14. The highest BCUT2D eigenvalue weighted by Crippen LogP contribution is 2.15. The van der Waals surface area contributed by atoms with E-state index < -0.39 is 33.9 Å². The van der Waals surface area contributed by atoms with E-state index in [2.05, 4.69) is 4.74 Å². The van der Waals surface area contributed by atoms with Gasteiger partial charge in [0.05, 0.1) is 18.2 Å². The second-order valence-electron chi connectivity index (χ2n) is 4.67. The van der Waals surface area contributed by atoms with Crippen LogP contribution in [0.3, 0.4) is 0 Å². The van der Waals surface area contributed by atoms with Crippen molar-refractivity contribution >= 4 is 11.7 Å². The Bertz CT molecular complexity index is 840. The van der Waals surface area contributed by atoms with Crippen molar-refractivity contribution in [3.05, 3.63) is 73.0 Å². The number of hydrogen-bond acceptors (Lipinski definition) is 6. The van der Waals surface area contributed by atoms with E-state index in [-0.39, 0.29) is 6.42 Å². The molecule has 0 aliphatic carbocycles. The van der Waals surface area contributed by atoms with Crippen molar-refractivity contribution in [3.63, 3.8) is 0 Å². The van der Waals surface area contributed by atoms with Crippen molar-refractivity contribution in [1.29, 1.82) is 0 Å². The molecule has 0 spiro atoms. The topological polar surface area (TPSA) is 124 Å². The molecule has 0 aliphatic heterocycles. The highest BCUT2D eigenvalue weighted by atomic mass is 16.6. The van der Waals surface area contributed by atoms with Crippen molar-refractivity contribution in [3.8, 4) is 0 Å². The van der Waals surface area contributed by atoms with Crippen molar-refractivity contribution in [2.45, 2.75) is 12.5 Å². The molecule has 2 rings (SSSR count). The number of nitro groups is 1. The van der Waals surface area contributed by atoms with Gasteiger partial charge in [0.15, 0.2) is 0 Å². The molecule has 1 aromatic carbocycles. The number of carbonyl (C=O) groups is 1. The minimum atomic E-state index is -1.13. The predicted molar refractivity (Wildman–Crippen MR) is 79.2 cm³/mol. The number of H-pyrrole nitrogens is 1. The lowest BCUT2D eigenvalue weighted by Crippen LogP contribution is -2.37. The van der Waals surface area contributed by atoms with Crippen molar-refractivity contribution in [1.82, 2.24) is 9.55 Å². The second-order valence-corrected chi connectivity index (χ2v) is 4.67. The smallest absolute Gasteiger partial charge is 0.350 e. The lowest BCUT2D eigenvalue weighted by Gasteiger charge is -2.16. The van der Waals surface area contributed by atoms with Crippen LogP contribution in [0, 0.1) is 10.1 Å². The third kappa shape index (κ3) is 3.51. The number of rotatable bonds is 5. The fourth-order valence-corrected chi connectivity index (χ4v) is 2.10. The predicted octanol–water partition coefficient (Wildman–Crippen LogP) is 0.402. The molecule has 2 aromatic rings. The molecule has 0 bridgehead atoms. The normalized spacial score (nSPS) is 11.7. The summed E-state index contributed by atoms with van der Waals surface area (Å²) >= 11 is 0. The minimum Gasteiger partial charge on any atom is -0.467 e. The first-order valence-electron chi connectivity index (χ1n) is 6.55. The van der Waals surface area contributed by atoms with E-state index in [1.165, 1.54) is 0 Å². The molecule has 1 atom stereocenters. The lowest BCUT2D eigenvalue weighted by molar-refractivity contribution is -0.386. The minimum absolute atomic E-state index is 0.0800. The van der Waals surface area contributed by atoms with Crippen LogP contribution in [0.5, 0.6) is 0 Å². The summed E-state index contributed by atoms with van der Waals surface area (Å²) in [4.78, 5) is 47.1. The van der Waals surface area contributed by atoms with E-state index >= 15 is 0 Å². The van der Waals surface area contributed by atoms with E-state index in [0.29, 0.717) is 0 Å². The van der Waals surface area contributed by atoms with E-state index in [4.69, 9.17) is 0 Å². The molecule has 0 aliphatic rings. The largest absolute Gasteiger partial charge is 0.467 e. The molecule has 0 saturated carbocycles. The standard InChI is InChI=1S/C14H13N3O6/c1-23-13(19)10(7-9-5-3-2-4-6-9)16-8-11(17(21)22)12(18)15-14(16)20/h2-6,8,10H,7H2,1H3,(H,15,18,20)/t10-/m0/s1. The zero-order chi connectivity index (χ0) is 17.0. The summed E-state index contributed by atoms with van der Waals surface area (Å²) in [6.45, 7) is 0. The van der Waals surface area contributed by atoms with Crippen molar-refractivity contribution in [2.24, 2.45) is 0 Å². The number of aromatic amines is 1. The van der Waals surface area contributed by atoms with Gasteiger partial charge in [-0.3, -0.25) is 24.5 Å². The first-order valence-corrected chi connectivity index (χ1v) is 6.55. The fraction of sp³-hybridized carbons (Fsp3) is 0.214. The van der Waals surface area contributed by atoms with E-state index in [0.717, 1.165) is 23.4 Å². The number of nitrogens with one attached hydrogen (secondary N) is 1. The van der Waals surface area contributed by atoms with Gasteiger partial charge in [-0.1, -0.05) is 30.3 Å². The fourth-order valence-electron chi connectivity index (χ4n) is 2.10. The molecule has 9 heteroatoms. The Morgan fingerprint density at radius 1 is 1.35 bits per heavy atom. The summed E-state index contributed by atoms with van der Waals surface area (Å²) in [6, 6.07) is 7.63. The van der Waals surface area contributed by atoms with Crippen molar-refractivity contribution in [2.75, 3.05) is 7.11 Å². The average molecular weight is 319 g/mol. The monoisotopic (exact) mass is 319 g/mol. The lowest BCUT2D eigenvalue weighted by atomic mass is 10.1. The Morgan fingerprint density at radius 2 is 2.00 bits per heavy atom. The van der Waals surface area contributed by atoms with Crippen LogP contribution in [-0.2, 0) is 16.0 Å². The number of nitrogens with zero attached hydrogens (tertiary/aromatic N) is 2. The summed E-state index contributed by atoms with van der Waals surface area (Å²) in [5.74, 6) is -0.752. The Kier molecular flexibility index (Phi) is 4.69. The van der Waals surface area contributed by atoms with Crippen LogP contribution in [0.1, 0.15) is 11.6 Å². The number of methoxy groups -OCH3 is 1. The van der Waals surface area contributed by atoms with Crippen molar-refractivity contribution < 1.29 is 14.5 Å². The highest BCUT2D eigenvalue weighted by molar-refractivity contribution is 5.74. The molecule has 120 valence electrons. The van der Waals surface area contributed by atoms with Gasteiger partial charge in [0.1, 0.15) is 6.04 Å². The molecule has 1 heterocycles. The molecular formula is C14H13N3O6. The Hall–Kier alpha value is -3.23. The summed E-state index contributed by atoms with van der Waals surface area (Å²) in [5, 5.41) is 10.9. The molecule has 1 N–H and O–H groups in total. The van der Waals surface area contributed by atoms with Crippen LogP contribution < -0.4 is 11.2 Å². The number of aromatic nitrogens is 2. The maximum Gasteiger partial charge on any atom is 0.350 e. The van der Waals surface area contributed by atoms with Gasteiger partial charge in [-0.25, -0.2) is 9.59 Å². The summed E-state index contributed by atoms with van der Waals surface area (Å²) < 4.78 is 5.47. The Morgan fingerprint density at radius 3 is 2.57 bits per heavy atom. The molecule has 9 nitrogen and oxygen atoms in total. The number of benzene rings is 1. The third-order valence-electron chi connectivity index (χ3n) is 3.23. The molecule has 0 unspecified atom stereocenters. The Labute approximate surface area is 129 Å². The quantitative estimate of drug-likeness (QED) is 0.483. The van der Waals surface area contributed by atoms with Crippen LogP contribution in [0.4, 0.5) is 5.69 Å². The summed E-state index contributed by atoms with van der Waals surface area (Å²) in [5.41, 5.74) is -2.15. The maximum absolute atomic E-state index is 12.0. The van der Waals surface area contributed by atoms with Crippen LogP contribution in [0.15, 0.2) is 46.1 Å². The third-order valence-corrected chi connectivity index (χ3v) is 3.23. The average Bonchev–Trinajstić information content (AvgIpc) is 2.53. The molecule has 1 aromatic heterocycles. The SMILES string of the molecule is COC(=O)[C@H](Cc1ccccc1)n1cc([N+](=O)[O-])c(=O)[nH]c1=O. The van der Waals surface area contributed by atoms with Crippen LogP contribution in [-0.4, -0.2) is 27.6 Å². The van der Waals surface area contributed by atoms with Crippen LogP contribution in [0.25, 0.3) is 0 Å². The molecular weight excluding hydrogens is 306 g/mol. The first-order chi connectivity index (χ1) is 10.9. The number of carbonyl (C=O) groups excluding carboxylic acids is 1. The van der Waals surface area contributed by atoms with Gasteiger partial charge in [0, 0.05) is 6.42 Å². The van der Waals surface area contributed by atoms with Gasteiger partial charge in [-0.2, -0.15) is 0 Å². The van der Waals surface area contributed by atoms with Gasteiger partial charge < -0.3 is 4.74 Å². The van der Waals surface area contributed by atoms with Gasteiger partial charge in [-0.05, 0) is 5.56 Å².